The predicted molar refractivity (Wildman–Crippen MR) is 31.8 cm³/mol. The van der Waals surface area contributed by atoms with Crippen LogP contribution in [0.25, 0.3) is 0 Å². The van der Waals surface area contributed by atoms with Crippen molar-refractivity contribution in [1.82, 2.24) is 0 Å². The second-order valence-corrected chi connectivity index (χ2v) is 2.29. The summed E-state index contributed by atoms with van der Waals surface area (Å²) in [7, 11) is 0. The second-order valence-electron chi connectivity index (χ2n) is 2.29. The number of aliphatic carboxylic acids is 1. The van der Waals surface area contributed by atoms with Crippen LogP contribution in [0.3, 0.4) is 0 Å². The first-order valence-corrected chi connectivity index (χ1v) is 2.95. The van der Waals surface area contributed by atoms with Crippen LogP contribution in [0.4, 0.5) is 0 Å². The molecule has 0 unspecified atom stereocenters. The highest BCUT2D eigenvalue weighted by atomic mass is 16.6. The molecule has 0 saturated carbocycles. The van der Waals surface area contributed by atoms with E-state index in [1.165, 1.54) is 0 Å². The van der Waals surface area contributed by atoms with Crippen LogP contribution in [0, 0.1) is 5.41 Å². The lowest BCUT2D eigenvalue weighted by Gasteiger charge is -2.29. The highest BCUT2D eigenvalue weighted by Gasteiger charge is 2.69. The molecule has 0 aromatic heterocycles. The predicted octanol–water partition coefficient (Wildman–Crippen LogP) is -1.27. The first-order chi connectivity index (χ1) is 5.44. The smallest absolute Gasteiger partial charge is 0.350 e. The SMILES string of the molecule is CC(=O)C1(C(=O)O)C(=O)OC1=O. The van der Waals surface area contributed by atoms with Gasteiger partial charge in [-0.25, -0.2) is 14.4 Å². The number of carbonyl (C=O) groups excluding carboxylic acids is 3. The molecule has 0 aromatic carbocycles. The lowest BCUT2D eigenvalue weighted by atomic mass is 9.80. The van der Waals surface area contributed by atoms with Gasteiger partial charge in [-0.2, -0.15) is 0 Å². The van der Waals surface area contributed by atoms with Crippen molar-refractivity contribution in [3.8, 4) is 0 Å². The van der Waals surface area contributed by atoms with Crippen molar-refractivity contribution >= 4 is 23.7 Å². The zero-order chi connectivity index (χ0) is 9.52. The molecule has 0 bridgehead atoms. The molecule has 6 nitrogen and oxygen atoms in total. The Morgan fingerprint density at radius 1 is 1.33 bits per heavy atom. The molecule has 64 valence electrons. The fourth-order valence-electron chi connectivity index (χ4n) is 0.887. The monoisotopic (exact) mass is 172 g/mol. The van der Waals surface area contributed by atoms with E-state index in [4.69, 9.17) is 5.11 Å². The Labute approximate surface area is 66.1 Å². The fraction of sp³-hybridized carbons (Fsp3) is 0.333. The van der Waals surface area contributed by atoms with E-state index in [1.54, 1.807) is 0 Å². The third-order valence-electron chi connectivity index (χ3n) is 1.65. The topological polar surface area (TPSA) is 97.7 Å². The van der Waals surface area contributed by atoms with Gasteiger partial charge in [0.05, 0.1) is 0 Å². The van der Waals surface area contributed by atoms with E-state index in [0.29, 0.717) is 0 Å². The van der Waals surface area contributed by atoms with Crippen molar-refractivity contribution in [2.45, 2.75) is 6.92 Å². The Hall–Kier alpha value is -1.72. The molecular weight excluding hydrogens is 168 g/mol. The highest BCUT2D eigenvalue weighted by Crippen LogP contribution is 2.32. The Morgan fingerprint density at radius 2 is 1.75 bits per heavy atom. The number of carboxylic acid groups (broad SMARTS) is 1. The van der Waals surface area contributed by atoms with Crippen molar-refractivity contribution in [2.75, 3.05) is 0 Å². The fourth-order valence-corrected chi connectivity index (χ4v) is 0.887. The molecule has 1 fully saturated rings. The van der Waals surface area contributed by atoms with E-state index in [9.17, 15) is 19.2 Å². The normalized spacial score (nSPS) is 19.4. The molecule has 0 radical (unpaired) electrons. The summed E-state index contributed by atoms with van der Waals surface area (Å²) in [4.78, 5) is 42.3. The Kier molecular flexibility index (Phi) is 1.49. The van der Waals surface area contributed by atoms with Gasteiger partial charge in [0.15, 0.2) is 5.78 Å². The molecule has 1 saturated heterocycles. The summed E-state index contributed by atoms with van der Waals surface area (Å²) in [5.74, 6) is -5.44. The number of esters is 2. The molecule has 0 aromatic rings. The number of hydrogen-bond acceptors (Lipinski definition) is 5. The summed E-state index contributed by atoms with van der Waals surface area (Å²) >= 11 is 0. The number of cyclic esters (lactones) is 2. The molecule has 1 N–H and O–H groups in total. The van der Waals surface area contributed by atoms with Crippen LogP contribution in [0.5, 0.6) is 0 Å². The molecule has 1 rings (SSSR count). The summed E-state index contributed by atoms with van der Waals surface area (Å²) in [6, 6.07) is 0. The quantitative estimate of drug-likeness (QED) is 0.412. The van der Waals surface area contributed by atoms with Gasteiger partial charge in [-0.05, 0) is 6.92 Å². The van der Waals surface area contributed by atoms with Gasteiger partial charge in [0.2, 0.25) is 0 Å². The summed E-state index contributed by atoms with van der Waals surface area (Å²) in [6.45, 7) is 0.854. The number of carboxylic acids is 1. The van der Waals surface area contributed by atoms with Gasteiger partial charge in [0.1, 0.15) is 0 Å². The molecule has 1 heterocycles. The number of Topliss-reactive ketones (excluding diaryl/α,β-unsaturated/α-hetero) is 1. The maximum Gasteiger partial charge on any atom is 0.350 e. The largest absolute Gasteiger partial charge is 0.480 e. The van der Waals surface area contributed by atoms with Crippen LogP contribution in [-0.4, -0.2) is 28.8 Å². The number of hydrogen-bond donors (Lipinski definition) is 1. The van der Waals surface area contributed by atoms with Crippen LogP contribution in [0.2, 0.25) is 0 Å². The summed E-state index contributed by atoms with van der Waals surface area (Å²) in [5, 5.41) is 8.45. The molecule has 0 amide bonds. The van der Waals surface area contributed by atoms with Crippen molar-refractivity contribution in [3.05, 3.63) is 0 Å². The van der Waals surface area contributed by atoms with E-state index in [1.807, 2.05) is 0 Å². The lowest BCUT2D eigenvalue weighted by Crippen LogP contribution is -2.62. The minimum atomic E-state index is -2.58. The molecule has 1 aliphatic heterocycles. The van der Waals surface area contributed by atoms with Crippen LogP contribution in [0.1, 0.15) is 6.92 Å². The standard InChI is InChI=1S/C6H4O6/c1-2(7)6(3(8)9)4(10)12-5(6)11/h1H3,(H,8,9). The van der Waals surface area contributed by atoms with E-state index >= 15 is 0 Å². The molecule has 0 atom stereocenters. The van der Waals surface area contributed by atoms with Crippen LogP contribution in [0.15, 0.2) is 0 Å². The third-order valence-corrected chi connectivity index (χ3v) is 1.65. The maximum absolute atomic E-state index is 10.7. The lowest BCUT2D eigenvalue weighted by molar-refractivity contribution is -0.201. The molecule has 0 spiro atoms. The molecule has 0 aliphatic carbocycles. The van der Waals surface area contributed by atoms with Crippen LogP contribution < -0.4 is 0 Å². The van der Waals surface area contributed by atoms with Gasteiger partial charge in [-0.3, -0.25) is 4.79 Å². The van der Waals surface area contributed by atoms with E-state index in [0.717, 1.165) is 6.92 Å². The summed E-state index contributed by atoms with van der Waals surface area (Å²) in [5.41, 5.74) is -2.58. The molecule has 12 heavy (non-hydrogen) atoms. The number of ether oxygens (including phenoxy) is 1. The zero-order valence-corrected chi connectivity index (χ0v) is 5.99. The third kappa shape index (κ3) is 0.635. The van der Waals surface area contributed by atoms with E-state index < -0.39 is 29.1 Å². The highest BCUT2D eigenvalue weighted by molar-refractivity contribution is 6.40. The first kappa shape index (κ1) is 8.38. The second kappa shape index (κ2) is 2.13. The van der Waals surface area contributed by atoms with Crippen molar-refractivity contribution in [2.24, 2.45) is 5.41 Å². The van der Waals surface area contributed by atoms with Crippen molar-refractivity contribution < 1.29 is 29.0 Å². The van der Waals surface area contributed by atoms with Crippen molar-refractivity contribution in [1.29, 1.82) is 0 Å². The van der Waals surface area contributed by atoms with Gasteiger partial charge >= 0.3 is 23.3 Å². The average Bonchev–Trinajstić information content (AvgIpc) is 1.84. The Balaban J connectivity index is 3.20. The van der Waals surface area contributed by atoms with Gasteiger partial charge in [-0.15, -0.1) is 0 Å². The van der Waals surface area contributed by atoms with Crippen LogP contribution >= 0.6 is 0 Å². The van der Waals surface area contributed by atoms with Crippen molar-refractivity contribution in [3.63, 3.8) is 0 Å². The molecular formula is C6H4O6. The van der Waals surface area contributed by atoms with Crippen LogP contribution in [-0.2, 0) is 23.9 Å². The minimum Gasteiger partial charge on any atom is -0.480 e. The number of carbonyl (C=O) groups is 4. The summed E-state index contributed by atoms with van der Waals surface area (Å²) in [6.07, 6.45) is 0. The first-order valence-electron chi connectivity index (χ1n) is 2.95. The Bertz CT molecular complexity index is 252. The average molecular weight is 172 g/mol. The zero-order valence-electron chi connectivity index (χ0n) is 5.99. The Morgan fingerprint density at radius 3 is 1.83 bits per heavy atom. The number of ketones is 1. The van der Waals surface area contributed by atoms with Gasteiger partial charge < -0.3 is 9.84 Å². The number of rotatable bonds is 2. The maximum atomic E-state index is 10.7. The van der Waals surface area contributed by atoms with Gasteiger partial charge in [0, 0.05) is 0 Å². The minimum absolute atomic E-state index is 0.854. The summed E-state index contributed by atoms with van der Waals surface area (Å²) < 4.78 is 3.80. The van der Waals surface area contributed by atoms with Gasteiger partial charge in [-0.1, -0.05) is 0 Å². The molecule has 1 aliphatic rings. The molecule has 6 heteroatoms. The van der Waals surface area contributed by atoms with E-state index in [-0.39, 0.29) is 0 Å². The van der Waals surface area contributed by atoms with Gasteiger partial charge in [0.25, 0.3) is 0 Å². The van der Waals surface area contributed by atoms with E-state index in [2.05, 4.69) is 4.74 Å².